The molecule has 0 fully saturated rings. The standard InChI is InChI=1S/C15H15FO/c1-11-4-3-5-15(12(11)2)17-10-13-6-8-14(16)9-7-13/h3-9H,10H2,1-2H3. The van der Waals surface area contributed by atoms with Crippen molar-refractivity contribution in [1.29, 1.82) is 0 Å². The van der Waals surface area contributed by atoms with E-state index < -0.39 is 0 Å². The summed E-state index contributed by atoms with van der Waals surface area (Å²) in [6, 6.07) is 12.3. The van der Waals surface area contributed by atoms with Gasteiger partial charge in [0.05, 0.1) is 0 Å². The van der Waals surface area contributed by atoms with Gasteiger partial charge in [0.15, 0.2) is 0 Å². The van der Waals surface area contributed by atoms with E-state index in [-0.39, 0.29) is 5.82 Å². The topological polar surface area (TPSA) is 9.23 Å². The molecule has 0 aromatic heterocycles. The van der Waals surface area contributed by atoms with Crippen LogP contribution >= 0.6 is 0 Å². The molecular formula is C15H15FO. The molecule has 0 saturated carbocycles. The molecule has 2 aromatic carbocycles. The molecule has 2 heteroatoms. The smallest absolute Gasteiger partial charge is 0.123 e. The van der Waals surface area contributed by atoms with Crippen LogP contribution in [0.1, 0.15) is 16.7 Å². The molecule has 2 rings (SSSR count). The summed E-state index contributed by atoms with van der Waals surface area (Å²) in [6.07, 6.45) is 0. The van der Waals surface area contributed by atoms with E-state index >= 15 is 0 Å². The molecule has 0 N–H and O–H groups in total. The molecule has 0 bridgehead atoms. The number of hydrogen-bond acceptors (Lipinski definition) is 1. The Morgan fingerprint density at radius 2 is 1.71 bits per heavy atom. The fraction of sp³-hybridized carbons (Fsp3) is 0.200. The summed E-state index contributed by atoms with van der Waals surface area (Å²) in [5, 5.41) is 0. The van der Waals surface area contributed by atoms with E-state index in [4.69, 9.17) is 4.74 Å². The second kappa shape index (κ2) is 5.00. The van der Waals surface area contributed by atoms with E-state index in [1.54, 1.807) is 12.1 Å². The van der Waals surface area contributed by atoms with Gasteiger partial charge in [0.2, 0.25) is 0 Å². The molecule has 1 nitrogen and oxygen atoms in total. The largest absolute Gasteiger partial charge is 0.489 e. The van der Waals surface area contributed by atoms with Crippen LogP contribution in [-0.2, 0) is 6.61 Å². The van der Waals surface area contributed by atoms with Gasteiger partial charge in [0.25, 0.3) is 0 Å². The fourth-order valence-electron chi connectivity index (χ4n) is 1.62. The molecular weight excluding hydrogens is 215 g/mol. The summed E-state index contributed by atoms with van der Waals surface area (Å²) in [5.74, 6) is 0.662. The van der Waals surface area contributed by atoms with E-state index in [9.17, 15) is 4.39 Å². The molecule has 88 valence electrons. The van der Waals surface area contributed by atoms with Gasteiger partial charge in [-0.25, -0.2) is 4.39 Å². The molecule has 0 aliphatic heterocycles. The van der Waals surface area contributed by atoms with Crippen molar-refractivity contribution in [1.82, 2.24) is 0 Å². The van der Waals surface area contributed by atoms with Crippen LogP contribution < -0.4 is 4.74 Å². The third-order valence-corrected chi connectivity index (χ3v) is 2.86. The molecule has 0 aliphatic rings. The highest BCUT2D eigenvalue weighted by molar-refractivity contribution is 5.38. The van der Waals surface area contributed by atoms with E-state index in [0.29, 0.717) is 6.61 Å². The van der Waals surface area contributed by atoms with E-state index in [0.717, 1.165) is 16.9 Å². The predicted octanol–water partition coefficient (Wildman–Crippen LogP) is 4.02. The number of halogens is 1. The number of benzene rings is 2. The Balaban J connectivity index is 2.07. The van der Waals surface area contributed by atoms with Gasteiger partial charge in [-0.05, 0) is 48.7 Å². The summed E-state index contributed by atoms with van der Waals surface area (Å²) in [5.41, 5.74) is 3.32. The van der Waals surface area contributed by atoms with E-state index in [1.807, 2.05) is 19.1 Å². The Labute approximate surface area is 101 Å². The van der Waals surface area contributed by atoms with E-state index in [2.05, 4.69) is 13.0 Å². The lowest BCUT2D eigenvalue weighted by molar-refractivity contribution is 0.303. The first-order chi connectivity index (χ1) is 8.16. The van der Waals surface area contributed by atoms with Gasteiger partial charge < -0.3 is 4.74 Å². The molecule has 0 saturated heterocycles. The van der Waals surface area contributed by atoms with Crippen molar-refractivity contribution in [3.63, 3.8) is 0 Å². The zero-order valence-corrected chi connectivity index (χ0v) is 10.0. The minimum Gasteiger partial charge on any atom is -0.489 e. The van der Waals surface area contributed by atoms with Crippen molar-refractivity contribution in [2.75, 3.05) is 0 Å². The molecule has 0 aliphatic carbocycles. The average Bonchev–Trinajstić information content (AvgIpc) is 2.33. The van der Waals surface area contributed by atoms with Gasteiger partial charge in [0.1, 0.15) is 18.2 Å². The minimum atomic E-state index is -0.222. The van der Waals surface area contributed by atoms with Crippen LogP contribution in [0.4, 0.5) is 4.39 Å². The van der Waals surface area contributed by atoms with Gasteiger partial charge in [0, 0.05) is 0 Å². The SMILES string of the molecule is Cc1cccc(OCc2ccc(F)cc2)c1C. The first kappa shape index (κ1) is 11.6. The first-order valence-corrected chi connectivity index (χ1v) is 5.60. The zero-order chi connectivity index (χ0) is 12.3. The second-order valence-electron chi connectivity index (χ2n) is 4.11. The maximum Gasteiger partial charge on any atom is 0.123 e. The number of hydrogen-bond donors (Lipinski definition) is 0. The minimum absolute atomic E-state index is 0.222. The van der Waals surface area contributed by atoms with Crippen molar-refractivity contribution in [2.24, 2.45) is 0 Å². The molecule has 2 aromatic rings. The quantitative estimate of drug-likeness (QED) is 0.773. The second-order valence-corrected chi connectivity index (χ2v) is 4.11. The van der Waals surface area contributed by atoms with Crippen LogP contribution in [0.2, 0.25) is 0 Å². The Hall–Kier alpha value is -1.83. The van der Waals surface area contributed by atoms with E-state index in [1.165, 1.54) is 17.7 Å². The van der Waals surface area contributed by atoms with Crippen LogP contribution in [0.5, 0.6) is 5.75 Å². The number of ether oxygens (including phenoxy) is 1. The van der Waals surface area contributed by atoms with Crippen molar-refractivity contribution in [3.8, 4) is 5.75 Å². The maximum atomic E-state index is 12.7. The summed E-state index contributed by atoms with van der Waals surface area (Å²) in [7, 11) is 0. The highest BCUT2D eigenvalue weighted by atomic mass is 19.1. The highest BCUT2D eigenvalue weighted by Gasteiger charge is 2.02. The third kappa shape index (κ3) is 2.84. The van der Waals surface area contributed by atoms with Gasteiger partial charge >= 0.3 is 0 Å². The Kier molecular flexibility index (Phi) is 3.43. The molecule has 0 heterocycles. The van der Waals surface area contributed by atoms with Crippen LogP contribution in [0, 0.1) is 19.7 Å². The van der Waals surface area contributed by atoms with Crippen LogP contribution in [-0.4, -0.2) is 0 Å². The van der Waals surface area contributed by atoms with Crippen LogP contribution in [0.25, 0.3) is 0 Å². The van der Waals surface area contributed by atoms with Crippen LogP contribution in [0.3, 0.4) is 0 Å². The van der Waals surface area contributed by atoms with Crippen molar-refractivity contribution >= 4 is 0 Å². The Morgan fingerprint density at radius 1 is 1.00 bits per heavy atom. The molecule has 17 heavy (non-hydrogen) atoms. The summed E-state index contributed by atoms with van der Waals surface area (Å²) in [4.78, 5) is 0. The zero-order valence-electron chi connectivity index (χ0n) is 10.0. The number of aryl methyl sites for hydroxylation is 1. The van der Waals surface area contributed by atoms with Crippen molar-refractivity contribution in [2.45, 2.75) is 20.5 Å². The lowest BCUT2D eigenvalue weighted by Gasteiger charge is -2.10. The van der Waals surface area contributed by atoms with Gasteiger partial charge in [-0.1, -0.05) is 24.3 Å². The molecule has 0 atom stereocenters. The Bertz CT molecular complexity index is 503. The van der Waals surface area contributed by atoms with Gasteiger partial charge in [-0.2, -0.15) is 0 Å². The summed E-state index contributed by atoms with van der Waals surface area (Å²) in [6.45, 7) is 4.56. The van der Waals surface area contributed by atoms with Gasteiger partial charge in [-0.3, -0.25) is 0 Å². The Morgan fingerprint density at radius 3 is 2.41 bits per heavy atom. The maximum absolute atomic E-state index is 12.7. The molecule has 0 amide bonds. The lowest BCUT2D eigenvalue weighted by atomic mass is 10.1. The summed E-state index contributed by atoms with van der Waals surface area (Å²) < 4.78 is 18.4. The molecule has 0 radical (unpaired) electrons. The normalized spacial score (nSPS) is 10.3. The highest BCUT2D eigenvalue weighted by Crippen LogP contribution is 2.21. The lowest BCUT2D eigenvalue weighted by Crippen LogP contribution is -1.97. The van der Waals surface area contributed by atoms with Gasteiger partial charge in [-0.15, -0.1) is 0 Å². The third-order valence-electron chi connectivity index (χ3n) is 2.86. The average molecular weight is 230 g/mol. The summed E-state index contributed by atoms with van der Waals surface area (Å²) >= 11 is 0. The van der Waals surface area contributed by atoms with Crippen molar-refractivity contribution < 1.29 is 9.13 Å². The van der Waals surface area contributed by atoms with Crippen LogP contribution in [0.15, 0.2) is 42.5 Å². The monoisotopic (exact) mass is 230 g/mol. The molecule has 0 spiro atoms. The predicted molar refractivity (Wildman–Crippen MR) is 66.6 cm³/mol. The van der Waals surface area contributed by atoms with Crippen molar-refractivity contribution in [3.05, 3.63) is 65.0 Å². The fourth-order valence-corrected chi connectivity index (χ4v) is 1.62. The number of rotatable bonds is 3. The first-order valence-electron chi connectivity index (χ1n) is 5.60. The molecule has 0 unspecified atom stereocenters.